The number of ether oxygens (including phenoxy) is 1. The van der Waals surface area contributed by atoms with Crippen LogP contribution >= 0.6 is 23.2 Å². The first kappa shape index (κ1) is 19.7. The molecule has 1 fully saturated rings. The van der Waals surface area contributed by atoms with E-state index in [1.165, 1.54) is 0 Å². The Kier molecular flexibility index (Phi) is 6.72. The van der Waals surface area contributed by atoms with Crippen molar-refractivity contribution >= 4 is 35.0 Å². The predicted molar refractivity (Wildman–Crippen MR) is 105 cm³/mol. The minimum absolute atomic E-state index is 0.0751. The highest BCUT2D eigenvalue weighted by molar-refractivity contribution is 6.33. The van der Waals surface area contributed by atoms with Crippen molar-refractivity contribution in [2.45, 2.75) is 12.5 Å². The van der Waals surface area contributed by atoms with Crippen molar-refractivity contribution in [1.82, 2.24) is 10.6 Å². The van der Waals surface area contributed by atoms with Gasteiger partial charge in [0.1, 0.15) is 0 Å². The molecule has 1 aliphatic heterocycles. The van der Waals surface area contributed by atoms with Gasteiger partial charge in [-0.1, -0.05) is 35.3 Å². The molecule has 2 amide bonds. The molecular weight excluding hydrogens is 387 g/mol. The third-order valence-electron chi connectivity index (χ3n) is 4.43. The monoisotopic (exact) mass is 406 g/mol. The number of carbonyl (C=O) groups excluding carboxylic acids is 2. The molecule has 2 aromatic carbocycles. The van der Waals surface area contributed by atoms with Crippen molar-refractivity contribution in [2.75, 3.05) is 19.7 Å². The molecule has 5 nitrogen and oxygen atoms in total. The zero-order chi connectivity index (χ0) is 19.2. The zero-order valence-corrected chi connectivity index (χ0v) is 16.1. The summed E-state index contributed by atoms with van der Waals surface area (Å²) >= 11 is 11.9. The van der Waals surface area contributed by atoms with E-state index in [0.717, 1.165) is 6.42 Å². The molecule has 2 N–H and O–H groups in total. The molecule has 7 heteroatoms. The smallest absolute Gasteiger partial charge is 0.252 e. The van der Waals surface area contributed by atoms with E-state index in [2.05, 4.69) is 10.6 Å². The van der Waals surface area contributed by atoms with E-state index < -0.39 is 0 Å². The summed E-state index contributed by atoms with van der Waals surface area (Å²) in [4.78, 5) is 24.3. The van der Waals surface area contributed by atoms with Gasteiger partial charge in [-0.25, -0.2) is 0 Å². The maximum atomic E-state index is 12.2. The molecule has 2 atom stereocenters. The largest absolute Gasteiger partial charge is 0.376 e. The molecular formula is C20H20Cl2N2O3. The van der Waals surface area contributed by atoms with Crippen LogP contribution in [0.1, 0.15) is 27.1 Å². The number of halogens is 2. The SMILES string of the molecule is O=C(NCC1COC(CNC(=O)c2ccccc2Cl)C1)c1ccc(Cl)cc1. The van der Waals surface area contributed by atoms with Crippen LogP contribution in [0.3, 0.4) is 0 Å². The molecule has 1 saturated heterocycles. The van der Waals surface area contributed by atoms with Crippen LogP contribution < -0.4 is 10.6 Å². The van der Waals surface area contributed by atoms with E-state index in [1.54, 1.807) is 48.5 Å². The van der Waals surface area contributed by atoms with Gasteiger partial charge < -0.3 is 15.4 Å². The van der Waals surface area contributed by atoms with E-state index in [9.17, 15) is 9.59 Å². The van der Waals surface area contributed by atoms with Gasteiger partial charge in [-0.3, -0.25) is 9.59 Å². The van der Waals surface area contributed by atoms with Gasteiger partial charge in [0.15, 0.2) is 0 Å². The normalized spacial score (nSPS) is 18.9. The molecule has 0 aliphatic carbocycles. The minimum atomic E-state index is -0.219. The van der Waals surface area contributed by atoms with Crippen molar-refractivity contribution in [1.29, 1.82) is 0 Å². The van der Waals surface area contributed by atoms with Crippen molar-refractivity contribution in [3.8, 4) is 0 Å². The van der Waals surface area contributed by atoms with Gasteiger partial charge >= 0.3 is 0 Å². The van der Waals surface area contributed by atoms with Crippen LogP contribution in [0.4, 0.5) is 0 Å². The molecule has 142 valence electrons. The molecule has 3 rings (SSSR count). The number of hydrogen-bond donors (Lipinski definition) is 2. The van der Waals surface area contributed by atoms with E-state index in [4.69, 9.17) is 27.9 Å². The van der Waals surface area contributed by atoms with Crippen LogP contribution in [0.15, 0.2) is 48.5 Å². The fraction of sp³-hybridized carbons (Fsp3) is 0.300. The first-order valence-electron chi connectivity index (χ1n) is 8.71. The molecule has 0 spiro atoms. The third-order valence-corrected chi connectivity index (χ3v) is 5.01. The zero-order valence-electron chi connectivity index (χ0n) is 14.6. The van der Waals surface area contributed by atoms with Crippen LogP contribution in [0.2, 0.25) is 10.0 Å². The van der Waals surface area contributed by atoms with Crippen LogP contribution in [-0.4, -0.2) is 37.6 Å². The van der Waals surface area contributed by atoms with Gasteiger partial charge in [-0.05, 0) is 42.8 Å². The Morgan fingerprint density at radius 1 is 0.963 bits per heavy atom. The van der Waals surface area contributed by atoms with Gasteiger partial charge in [0, 0.05) is 29.6 Å². The highest BCUT2D eigenvalue weighted by Gasteiger charge is 2.26. The molecule has 0 saturated carbocycles. The summed E-state index contributed by atoms with van der Waals surface area (Å²) in [5.74, 6) is -0.144. The van der Waals surface area contributed by atoms with E-state index in [-0.39, 0.29) is 23.8 Å². The fourth-order valence-corrected chi connectivity index (χ4v) is 3.30. The van der Waals surface area contributed by atoms with Crippen molar-refractivity contribution in [3.05, 3.63) is 69.7 Å². The van der Waals surface area contributed by atoms with Crippen molar-refractivity contribution in [2.24, 2.45) is 5.92 Å². The predicted octanol–water partition coefficient (Wildman–Crippen LogP) is 3.56. The lowest BCUT2D eigenvalue weighted by Gasteiger charge is -2.12. The molecule has 1 heterocycles. The number of amides is 2. The van der Waals surface area contributed by atoms with Gasteiger partial charge in [-0.15, -0.1) is 0 Å². The Morgan fingerprint density at radius 3 is 2.41 bits per heavy atom. The Morgan fingerprint density at radius 2 is 1.67 bits per heavy atom. The van der Waals surface area contributed by atoms with E-state index >= 15 is 0 Å². The minimum Gasteiger partial charge on any atom is -0.376 e. The fourth-order valence-electron chi connectivity index (χ4n) is 2.95. The van der Waals surface area contributed by atoms with E-state index in [0.29, 0.717) is 40.9 Å². The molecule has 2 aromatic rings. The van der Waals surface area contributed by atoms with E-state index in [1.807, 2.05) is 0 Å². The first-order chi connectivity index (χ1) is 13.0. The second-order valence-electron chi connectivity index (χ2n) is 6.46. The summed E-state index contributed by atoms with van der Waals surface area (Å²) in [6.45, 7) is 1.48. The average Bonchev–Trinajstić information content (AvgIpc) is 3.13. The Hall–Kier alpha value is -2.08. The van der Waals surface area contributed by atoms with Crippen molar-refractivity contribution in [3.63, 3.8) is 0 Å². The van der Waals surface area contributed by atoms with Crippen LogP contribution in [0.5, 0.6) is 0 Å². The second kappa shape index (κ2) is 9.22. The average molecular weight is 407 g/mol. The lowest BCUT2D eigenvalue weighted by Crippen LogP contribution is -2.32. The molecule has 0 bridgehead atoms. The second-order valence-corrected chi connectivity index (χ2v) is 7.31. The number of hydrogen-bond acceptors (Lipinski definition) is 3. The molecule has 0 aromatic heterocycles. The molecule has 1 aliphatic rings. The summed E-state index contributed by atoms with van der Waals surface area (Å²) in [6, 6.07) is 13.7. The maximum Gasteiger partial charge on any atom is 0.252 e. The summed E-state index contributed by atoms with van der Waals surface area (Å²) in [5, 5.41) is 6.78. The molecule has 2 unspecified atom stereocenters. The van der Waals surface area contributed by atoms with Crippen LogP contribution in [0.25, 0.3) is 0 Å². The first-order valence-corrected chi connectivity index (χ1v) is 9.46. The highest BCUT2D eigenvalue weighted by atomic mass is 35.5. The number of benzene rings is 2. The van der Waals surface area contributed by atoms with Crippen LogP contribution in [0, 0.1) is 5.92 Å². The lowest BCUT2D eigenvalue weighted by atomic mass is 10.1. The van der Waals surface area contributed by atoms with Gasteiger partial charge in [0.05, 0.1) is 23.3 Å². The summed E-state index contributed by atoms with van der Waals surface area (Å²) in [6.07, 6.45) is 0.692. The summed E-state index contributed by atoms with van der Waals surface area (Å²) in [7, 11) is 0. The maximum absolute atomic E-state index is 12.2. The number of carbonyl (C=O) groups is 2. The Labute approximate surface area is 168 Å². The number of nitrogens with one attached hydrogen (secondary N) is 2. The highest BCUT2D eigenvalue weighted by Crippen LogP contribution is 2.19. The van der Waals surface area contributed by atoms with Gasteiger partial charge in [-0.2, -0.15) is 0 Å². The molecule has 27 heavy (non-hydrogen) atoms. The number of rotatable bonds is 6. The molecule has 0 radical (unpaired) electrons. The van der Waals surface area contributed by atoms with Crippen molar-refractivity contribution < 1.29 is 14.3 Å². The summed E-state index contributed by atoms with van der Waals surface area (Å²) < 4.78 is 5.72. The quantitative estimate of drug-likeness (QED) is 0.770. The Balaban J connectivity index is 1.41. The van der Waals surface area contributed by atoms with Gasteiger partial charge in [0.2, 0.25) is 0 Å². The van der Waals surface area contributed by atoms with Crippen LogP contribution in [-0.2, 0) is 4.74 Å². The summed E-state index contributed by atoms with van der Waals surface area (Å²) in [5.41, 5.74) is 1.02. The Bertz CT molecular complexity index is 811. The topological polar surface area (TPSA) is 67.4 Å². The van der Waals surface area contributed by atoms with Gasteiger partial charge in [0.25, 0.3) is 11.8 Å². The third kappa shape index (κ3) is 5.45. The standard InChI is InChI=1S/C20H20Cl2N2O3/c21-15-7-5-14(6-8-15)19(25)23-10-13-9-16(27-12-13)11-24-20(26)17-3-1-2-4-18(17)22/h1-8,13,16H,9-12H2,(H,23,25)(H,24,26). The lowest BCUT2D eigenvalue weighted by molar-refractivity contribution is 0.0843.